The summed E-state index contributed by atoms with van der Waals surface area (Å²) < 4.78 is 6.34. The Kier molecular flexibility index (Phi) is 6.52. The van der Waals surface area contributed by atoms with E-state index >= 15 is 0 Å². The number of hydrogen-bond acceptors (Lipinski definition) is 5. The maximum Gasteiger partial charge on any atom is 0.312 e. The van der Waals surface area contributed by atoms with Gasteiger partial charge in [0.2, 0.25) is 11.8 Å². The van der Waals surface area contributed by atoms with Crippen LogP contribution in [0.3, 0.4) is 0 Å². The number of amides is 2. The summed E-state index contributed by atoms with van der Waals surface area (Å²) in [5.74, 6) is -2.46. The number of benzene rings is 2. The van der Waals surface area contributed by atoms with Crippen molar-refractivity contribution in [2.24, 2.45) is 5.92 Å². The van der Waals surface area contributed by atoms with Gasteiger partial charge in [0.1, 0.15) is 24.0 Å². The number of anilines is 1. The number of rotatable bonds is 5. The standard InChI is InChI=1S/C24H23ClIN3O4/c1-4-10-33-22(31)18-19(21(30)29(2)3)28-20(13-6-5-7-14(25)11-13)24(18)16-12-15(26)8-9-17(16)27-23(24)32/h4-9,11-12,18-20,28H,1,10H2,2-3H3,(H,27,32)/t18?,19?,20-,24+/m1/s1. The number of ether oxygens (including phenoxy) is 1. The molecule has 0 aliphatic carbocycles. The number of carbonyl (C=O) groups is 3. The number of likely N-dealkylation sites (N-methyl/N-ethyl adjacent to an activating group) is 1. The number of esters is 1. The van der Waals surface area contributed by atoms with Crippen LogP contribution >= 0.6 is 34.2 Å². The molecule has 2 aromatic rings. The Bertz CT molecular complexity index is 1150. The Hall–Kier alpha value is -2.43. The average molecular weight is 580 g/mol. The van der Waals surface area contributed by atoms with Gasteiger partial charge in [0.15, 0.2) is 0 Å². The van der Waals surface area contributed by atoms with E-state index in [4.69, 9.17) is 16.3 Å². The van der Waals surface area contributed by atoms with E-state index in [1.807, 2.05) is 24.3 Å². The summed E-state index contributed by atoms with van der Waals surface area (Å²) in [6.07, 6.45) is 1.45. The number of hydrogen-bond donors (Lipinski definition) is 2. The van der Waals surface area contributed by atoms with E-state index < -0.39 is 29.4 Å². The van der Waals surface area contributed by atoms with Crippen LogP contribution in [-0.2, 0) is 24.5 Å². The molecule has 9 heteroatoms. The van der Waals surface area contributed by atoms with Crippen LogP contribution in [0.25, 0.3) is 0 Å². The van der Waals surface area contributed by atoms with Crippen molar-refractivity contribution in [1.82, 2.24) is 10.2 Å². The van der Waals surface area contributed by atoms with E-state index in [1.54, 1.807) is 32.3 Å². The van der Waals surface area contributed by atoms with E-state index in [0.29, 0.717) is 21.8 Å². The highest BCUT2D eigenvalue weighted by Crippen LogP contribution is 2.56. The van der Waals surface area contributed by atoms with Crippen molar-refractivity contribution in [2.45, 2.75) is 17.5 Å². The summed E-state index contributed by atoms with van der Waals surface area (Å²) >= 11 is 8.46. The first-order valence-corrected chi connectivity index (χ1v) is 11.8. The molecule has 2 amide bonds. The molecule has 172 valence electrons. The molecule has 2 aliphatic heterocycles. The molecule has 0 bridgehead atoms. The van der Waals surface area contributed by atoms with Gasteiger partial charge in [0.05, 0.1) is 6.04 Å². The second kappa shape index (κ2) is 9.08. The van der Waals surface area contributed by atoms with Crippen molar-refractivity contribution in [2.75, 3.05) is 26.0 Å². The lowest BCUT2D eigenvalue weighted by Gasteiger charge is -2.34. The third-order valence-electron chi connectivity index (χ3n) is 6.16. The molecule has 33 heavy (non-hydrogen) atoms. The predicted molar refractivity (Wildman–Crippen MR) is 134 cm³/mol. The van der Waals surface area contributed by atoms with Crippen LogP contribution in [0.2, 0.25) is 5.02 Å². The molecule has 2 heterocycles. The zero-order chi connectivity index (χ0) is 23.9. The van der Waals surface area contributed by atoms with E-state index in [1.165, 1.54) is 11.0 Å². The third-order valence-corrected chi connectivity index (χ3v) is 7.07. The Balaban J connectivity index is 2.01. The molecule has 2 aliphatic rings. The van der Waals surface area contributed by atoms with Crippen molar-refractivity contribution in [3.63, 3.8) is 0 Å². The highest BCUT2D eigenvalue weighted by Gasteiger charge is 2.68. The van der Waals surface area contributed by atoms with Crippen molar-refractivity contribution < 1.29 is 19.1 Å². The second-order valence-corrected chi connectivity index (χ2v) is 9.96. The van der Waals surface area contributed by atoms with Crippen molar-refractivity contribution in [3.8, 4) is 0 Å². The predicted octanol–water partition coefficient (Wildman–Crippen LogP) is 3.28. The van der Waals surface area contributed by atoms with Gasteiger partial charge in [-0.2, -0.15) is 0 Å². The lowest BCUT2D eigenvalue weighted by Crippen LogP contribution is -2.51. The highest BCUT2D eigenvalue weighted by atomic mass is 127. The number of nitrogens with one attached hydrogen (secondary N) is 2. The van der Waals surface area contributed by atoms with Gasteiger partial charge in [-0.1, -0.05) is 36.4 Å². The summed E-state index contributed by atoms with van der Waals surface area (Å²) in [5.41, 5.74) is 0.524. The average Bonchev–Trinajstić information content (AvgIpc) is 3.28. The molecule has 1 fully saturated rings. The van der Waals surface area contributed by atoms with Crippen molar-refractivity contribution in [3.05, 3.63) is 74.8 Å². The number of carbonyl (C=O) groups excluding carboxylic acids is 3. The van der Waals surface area contributed by atoms with Gasteiger partial charge < -0.3 is 15.0 Å². The SMILES string of the molecule is C=CCOC(=O)C1C(C(=O)N(C)C)N[C@H](c2cccc(Cl)c2)[C@@]12C(=O)Nc1ccc(I)cc12. The van der Waals surface area contributed by atoms with Gasteiger partial charge >= 0.3 is 5.97 Å². The highest BCUT2D eigenvalue weighted by molar-refractivity contribution is 14.1. The fourth-order valence-corrected chi connectivity index (χ4v) is 5.54. The van der Waals surface area contributed by atoms with E-state index in [0.717, 1.165) is 3.57 Å². The zero-order valence-corrected chi connectivity index (χ0v) is 21.0. The molecule has 4 rings (SSSR count). The van der Waals surface area contributed by atoms with E-state index in [-0.39, 0.29) is 18.4 Å². The first kappa shape index (κ1) is 23.7. The number of nitrogens with zero attached hydrogens (tertiary/aromatic N) is 1. The first-order chi connectivity index (χ1) is 15.7. The van der Waals surface area contributed by atoms with Crippen molar-refractivity contribution in [1.29, 1.82) is 0 Å². The molecule has 7 nitrogen and oxygen atoms in total. The molecule has 2 aromatic carbocycles. The molecule has 0 saturated carbocycles. The maximum atomic E-state index is 13.8. The van der Waals surface area contributed by atoms with Gasteiger partial charge in [0.25, 0.3) is 0 Å². The van der Waals surface area contributed by atoms with E-state index in [9.17, 15) is 14.4 Å². The molecule has 2 N–H and O–H groups in total. The molecule has 0 radical (unpaired) electrons. The Labute approximate surface area is 210 Å². The summed E-state index contributed by atoms with van der Waals surface area (Å²) in [4.78, 5) is 42.0. The van der Waals surface area contributed by atoms with Crippen LogP contribution in [0.15, 0.2) is 55.1 Å². The molecule has 1 spiro atoms. The van der Waals surface area contributed by atoms with Crippen LogP contribution in [-0.4, -0.2) is 49.4 Å². The molecule has 1 saturated heterocycles. The number of halogens is 2. The summed E-state index contributed by atoms with van der Waals surface area (Å²) in [6.45, 7) is 3.57. The van der Waals surface area contributed by atoms with Gasteiger partial charge in [-0.15, -0.1) is 0 Å². The third kappa shape index (κ3) is 3.83. The first-order valence-electron chi connectivity index (χ1n) is 10.3. The second-order valence-electron chi connectivity index (χ2n) is 8.27. The van der Waals surface area contributed by atoms with Gasteiger partial charge in [-0.3, -0.25) is 19.7 Å². The minimum Gasteiger partial charge on any atom is -0.461 e. The maximum absolute atomic E-state index is 13.8. The van der Waals surface area contributed by atoms with Crippen LogP contribution in [0.4, 0.5) is 5.69 Å². The fraction of sp³-hybridized carbons (Fsp3) is 0.292. The Morgan fingerprint density at radius 1 is 1.27 bits per heavy atom. The minimum atomic E-state index is -1.42. The molecule has 2 unspecified atom stereocenters. The Morgan fingerprint density at radius 2 is 2.03 bits per heavy atom. The quantitative estimate of drug-likeness (QED) is 0.323. The van der Waals surface area contributed by atoms with Crippen LogP contribution in [0.1, 0.15) is 17.2 Å². The van der Waals surface area contributed by atoms with Crippen LogP contribution in [0, 0.1) is 9.49 Å². The van der Waals surface area contributed by atoms with Crippen molar-refractivity contribution >= 4 is 57.7 Å². The largest absolute Gasteiger partial charge is 0.461 e. The molecular weight excluding hydrogens is 557 g/mol. The smallest absolute Gasteiger partial charge is 0.312 e. The van der Waals surface area contributed by atoms with E-state index in [2.05, 4.69) is 39.8 Å². The molecule has 4 atom stereocenters. The lowest BCUT2D eigenvalue weighted by molar-refractivity contribution is -0.154. The summed E-state index contributed by atoms with van der Waals surface area (Å²) in [7, 11) is 3.22. The topological polar surface area (TPSA) is 87.7 Å². The molecule has 0 aromatic heterocycles. The number of fused-ring (bicyclic) bond motifs is 2. The zero-order valence-electron chi connectivity index (χ0n) is 18.1. The van der Waals surface area contributed by atoms with Crippen LogP contribution in [0.5, 0.6) is 0 Å². The fourth-order valence-electron chi connectivity index (χ4n) is 4.85. The minimum absolute atomic E-state index is 0.0308. The Morgan fingerprint density at radius 3 is 2.70 bits per heavy atom. The lowest BCUT2D eigenvalue weighted by atomic mass is 9.65. The van der Waals surface area contributed by atoms with Crippen LogP contribution < -0.4 is 10.6 Å². The monoisotopic (exact) mass is 579 g/mol. The summed E-state index contributed by atoms with van der Waals surface area (Å²) in [5, 5.41) is 6.73. The van der Waals surface area contributed by atoms with Gasteiger partial charge in [-0.25, -0.2) is 0 Å². The van der Waals surface area contributed by atoms with Gasteiger partial charge in [-0.05, 0) is 64.0 Å². The normalized spacial score (nSPS) is 25.5. The molecular formula is C24H23ClIN3O4. The van der Waals surface area contributed by atoms with Gasteiger partial charge in [0, 0.05) is 28.4 Å². The summed E-state index contributed by atoms with van der Waals surface area (Å²) in [6, 6.07) is 11.0.